The number of nitrogens with two attached hydrogens (primary N) is 2. The van der Waals surface area contributed by atoms with E-state index in [0.29, 0.717) is 36.0 Å². The number of allylic oxidation sites excluding steroid dienone is 5. The highest BCUT2D eigenvalue weighted by atomic mass is 35.5. The van der Waals surface area contributed by atoms with Gasteiger partial charge in [0.2, 0.25) is 0 Å². The molecule has 2 atom stereocenters. The highest BCUT2D eigenvalue weighted by Crippen LogP contribution is 2.44. The van der Waals surface area contributed by atoms with Crippen LogP contribution in [0.1, 0.15) is 56.7 Å². The maximum Gasteiger partial charge on any atom is 0.149 e. The Balaban J connectivity index is 0.00000100. The first kappa shape index (κ1) is 28.3. The molecule has 2 unspecified atom stereocenters. The number of hydrogen-bond donors (Lipinski definition) is 2. The van der Waals surface area contributed by atoms with Gasteiger partial charge in [0.25, 0.3) is 0 Å². The Morgan fingerprint density at radius 3 is 2.60 bits per heavy atom. The fourth-order valence-corrected chi connectivity index (χ4v) is 3.81. The number of halogens is 3. The molecule has 4 N–H and O–H groups in total. The third-order valence-corrected chi connectivity index (χ3v) is 5.70. The fraction of sp³-hybridized carbons (Fsp3) is 0.321. The second-order valence-electron chi connectivity index (χ2n) is 8.49. The molecule has 0 aliphatic carbocycles. The van der Waals surface area contributed by atoms with E-state index in [1.165, 1.54) is 6.07 Å². The number of unbranched alkanes of at least 4 members (excludes halogenated alkanes) is 1. The van der Waals surface area contributed by atoms with E-state index >= 15 is 0 Å². The number of fused-ring (bicyclic) bond motifs is 1. The summed E-state index contributed by atoms with van der Waals surface area (Å²) in [6.07, 6.45) is 9.86. The van der Waals surface area contributed by atoms with E-state index in [9.17, 15) is 8.78 Å². The SMILES string of the molecule is C=C(C)N.C=C/C(=C\C=C/CCC)C(CN)c1cc2c(c(-c3cc(Cl)c(F)cc3F)n1)OCC2C. The molecule has 1 aromatic heterocycles. The molecule has 0 spiro atoms. The predicted molar refractivity (Wildman–Crippen MR) is 142 cm³/mol. The molecule has 35 heavy (non-hydrogen) atoms. The van der Waals surface area contributed by atoms with Crippen molar-refractivity contribution in [3.05, 3.63) is 94.8 Å². The predicted octanol–water partition coefficient (Wildman–Crippen LogP) is 7.17. The number of nitrogens with zero attached hydrogens (tertiary/aromatic N) is 1. The third kappa shape index (κ3) is 7.26. The Bertz CT molecular complexity index is 1120. The zero-order valence-electron chi connectivity index (χ0n) is 20.6. The largest absolute Gasteiger partial charge is 0.490 e. The Hall–Kier alpha value is -2.96. The van der Waals surface area contributed by atoms with Gasteiger partial charge < -0.3 is 16.2 Å². The van der Waals surface area contributed by atoms with Crippen LogP contribution in [0.5, 0.6) is 5.75 Å². The second kappa shape index (κ2) is 13.2. The van der Waals surface area contributed by atoms with Crippen molar-refractivity contribution in [2.45, 2.75) is 45.4 Å². The van der Waals surface area contributed by atoms with Crippen molar-refractivity contribution in [1.82, 2.24) is 4.98 Å². The third-order valence-electron chi connectivity index (χ3n) is 5.41. The summed E-state index contributed by atoms with van der Waals surface area (Å²) in [7, 11) is 0. The molecule has 0 radical (unpaired) electrons. The maximum atomic E-state index is 14.7. The molecule has 1 aliphatic heterocycles. The fourth-order valence-electron chi connectivity index (χ4n) is 3.65. The van der Waals surface area contributed by atoms with Crippen molar-refractivity contribution >= 4 is 11.6 Å². The van der Waals surface area contributed by atoms with E-state index in [1.54, 1.807) is 13.0 Å². The lowest BCUT2D eigenvalue weighted by atomic mass is 9.91. The number of rotatable bonds is 8. The van der Waals surface area contributed by atoms with E-state index in [0.717, 1.165) is 30.0 Å². The molecule has 0 saturated carbocycles. The van der Waals surface area contributed by atoms with Crippen LogP contribution in [-0.2, 0) is 0 Å². The first-order chi connectivity index (χ1) is 16.6. The zero-order chi connectivity index (χ0) is 26.1. The summed E-state index contributed by atoms with van der Waals surface area (Å²) in [5, 5.41) is -0.175. The maximum absolute atomic E-state index is 14.7. The van der Waals surface area contributed by atoms with Crippen LogP contribution in [0.15, 0.2) is 66.9 Å². The lowest BCUT2D eigenvalue weighted by Gasteiger charge is -2.19. The van der Waals surface area contributed by atoms with E-state index in [1.807, 2.05) is 25.1 Å². The van der Waals surface area contributed by atoms with Crippen molar-refractivity contribution in [1.29, 1.82) is 0 Å². The number of hydrogen-bond acceptors (Lipinski definition) is 4. The summed E-state index contributed by atoms with van der Waals surface area (Å²) in [6, 6.07) is 3.98. The van der Waals surface area contributed by atoms with Gasteiger partial charge in [0.05, 0.1) is 17.3 Å². The lowest BCUT2D eigenvalue weighted by molar-refractivity contribution is 0.337. The molecular weight excluding hydrogens is 468 g/mol. The number of ether oxygens (including phenoxy) is 1. The van der Waals surface area contributed by atoms with Crippen LogP contribution in [0.3, 0.4) is 0 Å². The minimum atomic E-state index is -0.819. The van der Waals surface area contributed by atoms with Crippen molar-refractivity contribution in [2.75, 3.05) is 13.2 Å². The topological polar surface area (TPSA) is 74.2 Å². The number of benzene rings is 1. The van der Waals surface area contributed by atoms with Gasteiger partial charge >= 0.3 is 0 Å². The molecule has 0 saturated heterocycles. The summed E-state index contributed by atoms with van der Waals surface area (Å²) >= 11 is 5.94. The van der Waals surface area contributed by atoms with Crippen molar-refractivity contribution in [3.8, 4) is 17.0 Å². The van der Waals surface area contributed by atoms with Gasteiger partial charge in [-0.05, 0) is 36.7 Å². The van der Waals surface area contributed by atoms with E-state index in [-0.39, 0.29) is 22.4 Å². The van der Waals surface area contributed by atoms with Gasteiger partial charge in [-0.3, -0.25) is 0 Å². The average molecular weight is 502 g/mol. The molecule has 1 aliphatic rings. The van der Waals surface area contributed by atoms with Crippen LogP contribution in [0, 0.1) is 11.6 Å². The highest BCUT2D eigenvalue weighted by molar-refractivity contribution is 6.31. The molecule has 2 aromatic rings. The molecule has 1 aromatic carbocycles. The molecule has 188 valence electrons. The first-order valence-corrected chi connectivity index (χ1v) is 11.9. The van der Waals surface area contributed by atoms with E-state index < -0.39 is 11.6 Å². The Kier molecular flexibility index (Phi) is 10.7. The van der Waals surface area contributed by atoms with Crippen LogP contribution >= 0.6 is 11.6 Å². The first-order valence-electron chi connectivity index (χ1n) is 11.6. The summed E-state index contributed by atoms with van der Waals surface area (Å²) in [4.78, 5) is 4.73. The van der Waals surface area contributed by atoms with Gasteiger partial charge in [0, 0.05) is 35.6 Å². The standard InChI is InChI=1S/C25H27ClF2N2O.C3H7N/c1-4-6-7-8-9-16(5-2)19(13-29)23-11-17-15(3)14-31-25(17)24(30-23)18-10-20(26)22(28)12-21(18)27;1-3(2)4/h5,7-12,15,19H,2,4,6,13-14,29H2,1,3H3;1,4H2,2H3/b8-7-,16-9+;. The smallest absolute Gasteiger partial charge is 0.149 e. The van der Waals surface area contributed by atoms with Gasteiger partial charge in [-0.15, -0.1) is 0 Å². The average Bonchev–Trinajstić information content (AvgIpc) is 3.18. The van der Waals surface area contributed by atoms with E-state index in [2.05, 4.69) is 26.2 Å². The lowest BCUT2D eigenvalue weighted by Crippen LogP contribution is -2.16. The van der Waals surface area contributed by atoms with Crippen LogP contribution in [0.4, 0.5) is 8.78 Å². The molecule has 0 fully saturated rings. The van der Waals surface area contributed by atoms with Crippen LogP contribution in [0.25, 0.3) is 11.3 Å². The van der Waals surface area contributed by atoms with Crippen LogP contribution < -0.4 is 16.2 Å². The minimum Gasteiger partial charge on any atom is -0.490 e. The Morgan fingerprint density at radius 2 is 2.00 bits per heavy atom. The molecular formula is C28H34ClF2N3O. The second-order valence-corrected chi connectivity index (χ2v) is 8.90. The quantitative estimate of drug-likeness (QED) is 0.297. The van der Waals surface area contributed by atoms with E-state index in [4.69, 9.17) is 32.8 Å². The summed E-state index contributed by atoms with van der Waals surface area (Å²) in [5.74, 6) is -1.20. The number of aromatic nitrogens is 1. The van der Waals surface area contributed by atoms with Gasteiger partial charge in [-0.1, -0.05) is 69.3 Å². The minimum absolute atomic E-state index is 0.0985. The molecule has 0 bridgehead atoms. The van der Waals surface area contributed by atoms with Crippen molar-refractivity contribution in [2.24, 2.45) is 11.5 Å². The Labute approximate surface area is 212 Å². The molecule has 0 amide bonds. The van der Waals surface area contributed by atoms with Crippen LogP contribution in [-0.4, -0.2) is 18.1 Å². The Morgan fingerprint density at radius 1 is 1.31 bits per heavy atom. The highest BCUT2D eigenvalue weighted by Gasteiger charge is 2.29. The van der Waals surface area contributed by atoms with Gasteiger partial charge in [0.1, 0.15) is 23.1 Å². The zero-order valence-corrected chi connectivity index (χ0v) is 21.3. The van der Waals surface area contributed by atoms with Crippen molar-refractivity contribution < 1.29 is 13.5 Å². The molecule has 3 rings (SSSR count). The van der Waals surface area contributed by atoms with Gasteiger partial charge in [0.15, 0.2) is 0 Å². The monoisotopic (exact) mass is 501 g/mol. The van der Waals surface area contributed by atoms with Gasteiger partial charge in [-0.2, -0.15) is 0 Å². The molecule has 4 nitrogen and oxygen atoms in total. The number of pyridine rings is 1. The summed E-state index contributed by atoms with van der Waals surface area (Å²) in [6.45, 7) is 13.9. The summed E-state index contributed by atoms with van der Waals surface area (Å²) in [5.41, 5.74) is 14.6. The van der Waals surface area contributed by atoms with Crippen LogP contribution in [0.2, 0.25) is 5.02 Å². The normalized spacial score (nSPS) is 15.7. The summed E-state index contributed by atoms with van der Waals surface area (Å²) < 4.78 is 34.3. The molecule has 2 heterocycles. The van der Waals surface area contributed by atoms with Gasteiger partial charge in [-0.25, -0.2) is 13.8 Å². The van der Waals surface area contributed by atoms with Crippen molar-refractivity contribution in [3.63, 3.8) is 0 Å². The molecule has 7 heteroatoms.